The first-order valence-electron chi connectivity index (χ1n) is 9.67. The standard InChI is InChI=1S/C22H26BrN3O/c1-2-3-6-16-26-20-9-5-4-8-19(20)25-21(26)10-7-15-24-22(27)17-11-13-18(23)14-12-17/h4-5,8-9,11-14H,2-3,6-7,10,15-16H2,1H3,(H,24,27). The molecule has 5 heteroatoms. The Balaban J connectivity index is 1.58. The van der Waals surface area contributed by atoms with Gasteiger partial charge in [0.2, 0.25) is 0 Å². The van der Waals surface area contributed by atoms with E-state index in [-0.39, 0.29) is 5.91 Å². The fourth-order valence-corrected chi connectivity index (χ4v) is 3.50. The van der Waals surface area contributed by atoms with Crippen LogP contribution in [-0.2, 0) is 13.0 Å². The lowest BCUT2D eigenvalue weighted by Gasteiger charge is -2.09. The third-order valence-corrected chi connectivity index (χ3v) is 5.22. The Morgan fingerprint density at radius 2 is 1.85 bits per heavy atom. The molecule has 0 spiro atoms. The average molecular weight is 428 g/mol. The topological polar surface area (TPSA) is 46.9 Å². The second-order valence-electron chi connectivity index (χ2n) is 6.74. The maximum absolute atomic E-state index is 12.2. The number of carbonyl (C=O) groups is 1. The van der Waals surface area contributed by atoms with Crippen molar-refractivity contribution in [2.75, 3.05) is 6.54 Å². The van der Waals surface area contributed by atoms with Crippen LogP contribution in [0.4, 0.5) is 0 Å². The van der Waals surface area contributed by atoms with Crippen molar-refractivity contribution >= 4 is 32.9 Å². The molecule has 0 fully saturated rings. The summed E-state index contributed by atoms with van der Waals surface area (Å²) in [4.78, 5) is 17.0. The third kappa shape index (κ3) is 5.19. The number of halogens is 1. The van der Waals surface area contributed by atoms with Crippen molar-refractivity contribution < 1.29 is 4.79 Å². The smallest absolute Gasteiger partial charge is 0.251 e. The molecule has 0 aliphatic carbocycles. The molecule has 0 bridgehead atoms. The monoisotopic (exact) mass is 427 g/mol. The molecule has 0 saturated carbocycles. The fourth-order valence-electron chi connectivity index (χ4n) is 3.24. The first-order chi connectivity index (χ1) is 13.2. The second kappa shape index (κ2) is 9.70. The van der Waals surface area contributed by atoms with E-state index in [2.05, 4.69) is 50.9 Å². The van der Waals surface area contributed by atoms with Gasteiger partial charge in [-0.05, 0) is 49.2 Å². The number of aryl methyl sites for hydroxylation is 2. The van der Waals surface area contributed by atoms with Gasteiger partial charge in [-0.25, -0.2) is 4.98 Å². The van der Waals surface area contributed by atoms with E-state index in [1.54, 1.807) is 0 Å². The highest BCUT2D eigenvalue weighted by molar-refractivity contribution is 9.10. The average Bonchev–Trinajstić information content (AvgIpc) is 3.03. The molecule has 0 aliphatic rings. The van der Waals surface area contributed by atoms with E-state index in [0.717, 1.165) is 35.2 Å². The number of unbranched alkanes of at least 4 members (excludes halogenated alkanes) is 2. The van der Waals surface area contributed by atoms with Gasteiger partial charge in [0.15, 0.2) is 0 Å². The minimum absolute atomic E-state index is 0.0288. The summed E-state index contributed by atoms with van der Waals surface area (Å²) in [5, 5.41) is 3.00. The van der Waals surface area contributed by atoms with Crippen LogP contribution < -0.4 is 5.32 Å². The molecule has 1 N–H and O–H groups in total. The highest BCUT2D eigenvalue weighted by atomic mass is 79.9. The summed E-state index contributed by atoms with van der Waals surface area (Å²) in [5.41, 5.74) is 2.95. The number of amides is 1. The van der Waals surface area contributed by atoms with E-state index < -0.39 is 0 Å². The van der Waals surface area contributed by atoms with Gasteiger partial charge in [-0.2, -0.15) is 0 Å². The molecule has 0 aliphatic heterocycles. The number of nitrogens with zero attached hydrogens (tertiary/aromatic N) is 2. The van der Waals surface area contributed by atoms with E-state index >= 15 is 0 Å². The lowest BCUT2D eigenvalue weighted by molar-refractivity contribution is 0.0953. The molecule has 2 aromatic carbocycles. The van der Waals surface area contributed by atoms with Crippen molar-refractivity contribution in [1.29, 1.82) is 0 Å². The molecule has 27 heavy (non-hydrogen) atoms. The van der Waals surface area contributed by atoms with Crippen LogP contribution in [0.25, 0.3) is 11.0 Å². The van der Waals surface area contributed by atoms with Crippen LogP contribution in [0.2, 0.25) is 0 Å². The Morgan fingerprint density at radius 1 is 1.07 bits per heavy atom. The largest absolute Gasteiger partial charge is 0.352 e. The molecular formula is C22H26BrN3O. The van der Waals surface area contributed by atoms with Crippen LogP contribution >= 0.6 is 15.9 Å². The first-order valence-corrected chi connectivity index (χ1v) is 10.5. The van der Waals surface area contributed by atoms with E-state index in [4.69, 9.17) is 4.98 Å². The zero-order chi connectivity index (χ0) is 19.1. The molecular weight excluding hydrogens is 402 g/mol. The van der Waals surface area contributed by atoms with E-state index in [1.807, 2.05) is 30.3 Å². The molecule has 1 heterocycles. The summed E-state index contributed by atoms with van der Waals surface area (Å²) < 4.78 is 3.32. The molecule has 142 valence electrons. The SMILES string of the molecule is CCCCCn1c(CCCNC(=O)c2ccc(Br)cc2)nc2ccccc21. The predicted octanol–water partition coefficient (Wildman–Crippen LogP) is 5.35. The van der Waals surface area contributed by atoms with Gasteiger partial charge in [0.25, 0.3) is 5.91 Å². The van der Waals surface area contributed by atoms with Gasteiger partial charge >= 0.3 is 0 Å². The van der Waals surface area contributed by atoms with Gasteiger partial charge in [0.1, 0.15) is 5.82 Å². The van der Waals surface area contributed by atoms with Crippen molar-refractivity contribution in [3.05, 3.63) is 64.4 Å². The number of imidazole rings is 1. The number of benzene rings is 2. The summed E-state index contributed by atoms with van der Waals surface area (Å²) in [6.45, 7) is 3.88. The number of hydrogen-bond acceptors (Lipinski definition) is 2. The lowest BCUT2D eigenvalue weighted by atomic mass is 10.2. The van der Waals surface area contributed by atoms with Gasteiger partial charge in [-0.3, -0.25) is 4.79 Å². The molecule has 1 amide bonds. The molecule has 0 radical (unpaired) electrons. The summed E-state index contributed by atoms with van der Waals surface area (Å²) in [6, 6.07) is 15.7. The van der Waals surface area contributed by atoms with Crippen molar-refractivity contribution in [2.45, 2.75) is 45.6 Å². The number of para-hydroxylation sites is 2. The quantitative estimate of drug-likeness (QED) is 0.467. The zero-order valence-corrected chi connectivity index (χ0v) is 17.3. The number of aromatic nitrogens is 2. The summed E-state index contributed by atoms with van der Waals surface area (Å²) in [7, 11) is 0. The molecule has 3 aromatic rings. The lowest BCUT2D eigenvalue weighted by Crippen LogP contribution is -2.25. The number of hydrogen-bond donors (Lipinski definition) is 1. The zero-order valence-electron chi connectivity index (χ0n) is 15.7. The van der Waals surface area contributed by atoms with Crippen molar-refractivity contribution in [3.63, 3.8) is 0 Å². The van der Waals surface area contributed by atoms with E-state index in [0.29, 0.717) is 12.1 Å². The Bertz CT molecular complexity index is 886. The van der Waals surface area contributed by atoms with Gasteiger partial charge < -0.3 is 9.88 Å². The van der Waals surface area contributed by atoms with Crippen LogP contribution in [-0.4, -0.2) is 22.0 Å². The molecule has 0 saturated heterocycles. The number of nitrogens with one attached hydrogen (secondary N) is 1. The Kier molecular flexibility index (Phi) is 7.04. The van der Waals surface area contributed by atoms with Crippen LogP contribution in [0.5, 0.6) is 0 Å². The van der Waals surface area contributed by atoms with Gasteiger partial charge in [-0.1, -0.05) is 47.8 Å². The highest BCUT2D eigenvalue weighted by Crippen LogP contribution is 2.18. The molecule has 3 rings (SSSR count). The normalized spacial score (nSPS) is 11.0. The Labute approximate surface area is 169 Å². The van der Waals surface area contributed by atoms with E-state index in [1.165, 1.54) is 24.8 Å². The Morgan fingerprint density at radius 3 is 2.63 bits per heavy atom. The number of rotatable bonds is 9. The van der Waals surface area contributed by atoms with Crippen LogP contribution in [0.1, 0.15) is 48.8 Å². The van der Waals surface area contributed by atoms with Crippen LogP contribution in [0, 0.1) is 0 Å². The van der Waals surface area contributed by atoms with Crippen molar-refractivity contribution in [3.8, 4) is 0 Å². The fraction of sp³-hybridized carbons (Fsp3) is 0.364. The molecule has 0 atom stereocenters. The van der Waals surface area contributed by atoms with Crippen molar-refractivity contribution in [2.24, 2.45) is 0 Å². The van der Waals surface area contributed by atoms with E-state index in [9.17, 15) is 4.79 Å². The number of fused-ring (bicyclic) bond motifs is 1. The highest BCUT2D eigenvalue weighted by Gasteiger charge is 2.10. The summed E-state index contributed by atoms with van der Waals surface area (Å²) in [5.74, 6) is 1.09. The minimum atomic E-state index is -0.0288. The maximum atomic E-state index is 12.2. The minimum Gasteiger partial charge on any atom is -0.352 e. The summed E-state index contributed by atoms with van der Waals surface area (Å²) >= 11 is 3.39. The maximum Gasteiger partial charge on any atom is 0.251 e. The molecule has 1 aromatic heterocycles. The van der Waals surface area contributed by atoms with Gasteiger partial charge in [0.05, 0.1) is 11.0 Å². The van der Waals surface area contributed by atoms with Crippen LogP contribution in [0.15, 0.2) is 53.0 Å². The third-order valence-electron chi connectivity index (χ3n) is 4.69. The molecule has 0 unspecified atom stereocenters. The predicted molar refractivity (Wildman–Crippen MR) is 114 cm³/mol. The van der Waals surface area contributed by atoms with Crippen LogP contribution in [0.3, 0.4) is 0 Å². The molecule has 4 nitrogen and oxygen atoms in total. The number of carbonyl (C=O) groups excluding carboxylic acids is 1. The van der Waals surface area contributed by atoms with Gasteiger partial charge in [0, 0.05) is 29.5 Å². The summed E-state index contributed by atoms with van der Waals surface area (Å²) in [6.07, 6.45) is 5.35. The Hall–Kier alpha value is -2.14. The second-order valence-corrected chi connectivity index (χ2v) is 7.66. The first kappa shape index (κ1) is 19.6. The van der Waals surface area contributed by atoms with Crippen molar-refractivity contribution in [1.82, 2.24) is 14.9 Å². The van der Waals surface area contributed by atoms with Gasteiger partial charge in [-0.15, -0.1) is 0 Å².